The number of fused-ring (bicyclic) bond motifs is 5. The minimum atomic E-state index is -0.396. The van der Waals surface area contributed by atoms with Crippen LogP contribution in [-0.2, 0) is 9.31 Å². The van der Waals surface area contributed by atoms with Gasteiger partial charge in [0.05, 0.1) is 33.9 Å². The summed E-state index contributed by atoms with van der Waals surface area (Å²) >= 11 is 0. The van der Waals surface area contributed by atoms with Crippen molar-refractivity contribution in [2.45, 2.75) is 38.9 Å². The number of hydrogen-bond acceptors (Lipinski definition) is 3. The molecule has 0 radical (unpaired) electrons. The maximum absolute atomic E-state index is 6.35. The van der Waals surface area contributed by atoms with Gasteiger partial charge < -0.3 is 13.9 Å². The molecule has 0 saturated carbocycles. The Morgan fingerprint density at radius 3 is 2.19 bits per heavy atom. The highest BCUT2D eigenvalue weighted by molar-refractivity contribution is 6.62. The number of pyridine rings is 1. The van der Waals surface area contributed by atoms with Crippen molar-refractivity contribution in [3.8, 4) is 5.69 Å². The van der Waals surface area contributed by atoms with Crippen molar-refractivity contribution < 1.29 is 9.31 Å². The van der Waals surface area contributed by atoms with Crippen molar-refractivity contribution >= 4 is 45.3 Å². The maximum atomic E-state index is 6.35. The lowest BCUT2D eigenvalue weighted by Gasteiger charge is -2.32. The largest absolute Gasteiger partial charge is 0.494 e. The molecule has 1 fully saturated rings. The Hall–Kier alpha value is -3.15. The van der Waals surface area contributed by atoms with E-state index in [0.717, 1.165) is 33.1 Å². The molecule has 3 aromatic carbocycles. The SMILES string of the molecule is CC1(C)OB(c2ccc3c(c2)c2c4ccccc4ncc2n3-c2ccccc2)OC1(C)C. The molecule has 5 heteroatoms. The standard InChI is InChI=1S/C27H25BN2O2/c1-26(2)27(3,4)32-28(31-26)18-14-15-23-21(16-18)25-20-12-8-9-13-22(20)29-17-24(25)30(23)19-10-6-5-7-11-19/h5-17H,1-4H3. The Morgan fingerprint density at radius 1 is 0.750 bits per heavy atom. The molecule has 1 aliphatic rings. The first-order chi connectivity index (χ1) is 15.4. The number of para-hydroxylation sites is 2. The van der Waals surface area contributed by atoms with Crippen LogP contribution in [0.3, 0.4) is 0 Å². The predicted octanol–water partition coefficient (Wildman–Crippen LogP) is 5.63. The van der Waals surface area contributed by atoms with E-state index in [9.17, 15) is 0 Å². The lowest BCUT2D eigenvalue weighted by Crippen LogP contribution is -2.41. The summed E-state index contributed by atoms with van der Waals surface area (Å²) in [6.45, 7) is 8.36. The quantitative estimate of drug-likeness (QED) is 0.347. The molecule has 158 valence electrons. The van der Waals surface area contributed by atoms with Crippen molar-refractivity contribution in [2.24, 2.45) is 0 Å². The minimum absolute atomic E-state index is 0.374. The van der Waals surface area contributed by atoms with Crippen molar-refractivity contribution in [1.29, 1.82) is 0 Å². The second-order valence-electron chi connectivity index (χ2n) is 9.57. The molecule has 0 aliphatic carbocycles. The second kappa shape index (κ2) is 6.68. The molecule has 0 spiro atoms. The van der Waals surface area contributed by atoms with Gasteiger partial charge in [0, 0.05) is 21.8 Å². The van der Waals surface area contributed by atoms with Crippen molar-refractivity contribution in [3.05, 3.63) is 79.0 Å². The van der Waals surface area contributed by atoms with E-state index in [0.29, 0.717) is 0 Å². The fraction of sp³-hybridized carbons (Fsp3) is 0.222. The molecule has 5 aromatic rings. The van der Waals surface area contributed by atoms with Gasteiger partial charge in [0.25, 0.3) is 0 Å². The fourth-order valence-electron chi connectivity index (χ4n) is 4.64. The Bertz CT molecular complexity index is 1470. The third-order valence-corrected chi connectivity index (χ3v) is 7.07. The topological polar surface area (TPSA) is 36.3 Å². The van der Waals surface area contributed by atoms with Crippen LogP contribution in [0.25, 0.3) is 38.4 Å². The van der Waals surface area contributed by atoms with E-state index >= 15 is 0 Å². The molecule has 0 unspecified atom stereocenters. The van der Waals surface area contributed by atoms with Gasteiger partial charge >= 0.3 is 7.12 Å². The van der Waals surface area contributed by atoms with Gasteiger partial charge in [0.1, 0.15) is 0 Å². The minimum Gasteiger partial charge on any atom is -0.399 e. The van der Waals surface area contributed by atoms with Gasteiger partial charge in [0.15, 0.2) is 0 Å². The Labute approximate surface area is 187 Å². The zero-order valence-electron chi connectivity index (χ0n) is 18.8. The van der Waals surface area contributed by atoms with E-state index < -0.39 is 7.12 Å². The summed E-state index contributed by atoms with van der Waals surface area (Å²) in [6, 6.07) is 25.3. The first-order valence-corrected chi connectivity index (χ1v) is 11.1. The van der Waals surface area contributed by atoms with Gasteiger partial charge in [-0.15, -0.1) is 0 Å². The summed E-state index contributed by atoms with van der Waals surface area (Å²) in [4.78, 5) is 4.76. The Morgan fingerprint density at radius 2 is 1.44 bits per heavy atom. The van der Waals surface area contributed by atoms with Crippen LogP contribution in [0.2, 0.25) is 0 Å². The lowest BCUT2D eigenvalue weighted by molar-refractivity contribution is 0.00578. The molecular formula is C27H25BN2O2. The van der Waals surface area contributed by atoms with E-state index in [1.807, 2.05) is 18.3 Å². The average Bonchev–Trinajstić information content (AvgIpc) is 3.23. The molecule has 1 aliphatic heterocycles. The summed E-state index contributed by atoms with van der Waals surface area (Å²) < 4.78 is 15.0. The average molecular weight is 420 g/mol. The third-order valence-electron chi connectivity index (χ3n) is 7.07. The molecule has 32 heavy (non-hydrogen) atoms. The van der Waals surface area contributed by atoms with Crippen molar-refractivity contribution in [1.82, 2.24) is 9.55 Å². The van der Waals surface area contributed by atoms with Crippen LogP contribution in [0.1, 0.15) is 27.7 Å². The van der Waals surface area contributed by atoms with E-state index in [1.54, 1.807) is 0 Å². The highest BCUT2D eigenvalue weighted by atomic mass is 16.7. The van der Waals surface area contributed by atoms with Crippen LogP contribution in [0.4, 0.5) is 0 Å². The molecule has 2 aromatic heterocycles. The summed E-state index contributed by atoms with van der Waals surface area (Å²) in [5.74, 6) is 0. The summed E-state index contributed by atoms with van der Waals surface area (Å²) in [5.41, 5.74) is 4.63. The molecule has 3 heterocycles. The molecule has 0 bridgehead atoms. The summed E-state index contributed by atoms with van der Waals surface area (Å²) in [5, 5.41) is 3.53. The van der Waals surface area contributed by atoms with Gasteiger partial charge in [-0.05, 0) is 57.4 Å². The van der Waals surface area contributed by atoms with E-state index in [4.69, 9.17) is 14.3 Å². The van der Waals surface area contributed by atoms with Gasteiger partial charge in [-0.1, -0.05) is 48.5 Å². The van der Waals surface area contributed by atoms with E-state index in [-0.39, 0.29) is 11.2 Å². The van der Waals surface area contributed by atoms with E-state index in [2.05, 4.69) is 92.9 Å². The fourth-order valence-corrected chi connectivity index (χ4v) is 4.64. The monoisotopic (exact) mass is 420 g/mol. The Kier molecular flexibility index (Phi) is 4.08. The lowest BCUT2D eigenvalue weighted by atomic mass is 9.78. The highest BCUT2D eigenvalue weighted by Crippen LogP contribution is 2.38. The summed E-state index contributed by atoms with van der Waals surface area (Å²) in [6.07, 6.45) is 1.99. The third kappa shape index (κ3) is 2.75. The zero-order valence-corrected chi connectivity index (χ0v) is 18.8. The zero-order chi connectivity index (χ0) is 22.1. The number of rotatable bonds is 2. The van der Waals surface area contributed by atoms with Crippen LogP contribution in [0.15, 0.2) is 79.0 Å². The maximum Gasteiger partial charge on any atom is 0.494 e. The van der Waals surface area contributed by atoms with Gasteiger partial charge in [-0.25, -0.2) is 0 Å². The number of benzene rings is 3. The molecule has 4 nitrogen and oxygen atoms in total. The molecule has 6 rings (SSSR count). The van der Waals surface area contributed by atoms with Gasteiger partial charge in [0.2, 0.25) is 0 Å². The first-order valence-electron chi connectivity index (χ1n) is 11.1. The Balaban J connectivity index is 1.66. The van der Waals surface area contributed by atoms with Crippen LogP contribution >= 0.6 is 0 Å². The smallest absolute Gasteiger partial charge is 0.399 e. The van der Waals surface area contributed by atoms with Crippen molar-refractivity contribution in [3.63, 3.8) is 0 Å². The van der Waals surface area contributed by atoms with Crippen LogP contribution in [0.5, 0.6) is 0 Å². The van der Waals surface area contributed by atoms with Gasteiger partial charge in [-0.2, -0.15) is 0 Å². The first kappa shape index (κ1) is 19.5. The summed E-state index contributed by atoms with van der Waals surface area (Å²) in [7, 11) is -0.396. The highest BCUT2D eigenvalue weighted by Gasteiger charge is 2.51. The van der Waals surface area contributed by atoms with Crippen molar-refractivity contribution in [2.75, 3.05) is 0 Å². The van der Waals surface area contributed by atoms with Crippen LogP contribution < -0.4 is 5.46 Å². The molecular weight excluding hydrogens is 395 g/mol. The van der Waals surface area contributed by atoms with Crippen LogP contribution in [0, 0.1) is 0 Å². The molecule has 0 atom stereocenters. The molecule has 0 N–H and O–H groups in total. The number of hydrogen-bond donors (Lipinski definition) is 0. The van der Waals surface area contributed by atoms with E-state index in [1.165, 1.54) is 10.8 Å². The number of aromatic nitrogens is 2. The van der Waals surface area contributed by atoms with Gasteiger partial charge in [-0.3, -0.25) is 4.98 Å². The number of nitrogens with zero attached hydrogens (tertiary/aromatic N) is 2. The van der Waals surface area contributed by atoms with Crippen LogP contribution in [-0.4, -0.2) is 27.9 Å². The second-order valence-corrected chi connectivity index (χ2v) is 9.57. The molecule has 1 saturated heterocycles. The normalized spacial score (nSPS) is 17.6. The predicted molar refractivity (Wildman–Crippen MR) is 132 cm³/mol. The molecule has 0 amide bonds.